The molecule has 0 saturated heterocycles. The molecule has 1 aliphatic rings. The van der Waals surface area contributed by atoms with Crippen LogP contribution < -0.4 is 16.0 Å². The first-order valence-electron chi connectivity index (χ1n) is 11.8. The number of nitriles is 1. The molecule has 188 valence electrons. The minimum Gasteiger partial charge on any atom is -0.468 e. The van der Waals surface area contributed by atoms with Crippen molar-refractivity contribution in [2.24, 2.45) is 0 Å². The van der Waals surface area contributed by atoms with Gasteiger partial charge in [0.15, 0.2) is 0 Å². The van der Waals surface area contributed by atoms with Crippen LogP contribution in [0.1, 0.15) is 35.3 Å². The molecule has 1 aliphatic heterocycles. The molecule has 1 aromatic heterocycles. The highest BCUT2D eigenvalue weighted by Crippen LogP contribution is 2.41. The number of thioether (sulfide) groups is 1. The van der Waals surface area contributed by atoms with Crippen molar-refractivity contribution >= 4 is 35.0 Å². The molecule has 2 heterocycles. The fraction of sp³-hybridized carbons (Fsp3) is 0.207. The first-order chi connectivity index (χ1) is 17.8. The third kappa shape index (κ3) is 5.79. The number of nitrogens with zero attached hydrogens (tertiary/aromatic N) is 1. The van der Waals surface area contributed by atoms with E-state index in [0.29, 0.717) is 33.3 Å². The Hall–Kier alpha value is -4.22. The molecule has 3 N–H and O–H groups in total. The number of amides is 2. The molecule has 0 fully saturated rings. The molecular formula is C29H28N4O3S. The maximum atomic E-state index is 13.7. The lowest BCUT2D eigenvalue weighted by Crippen LogP contribution is -2.31. The Balaban J connectivity index is 1.62. The highest BCUT2D eigenvalue weighted by Gasteiger charge is 2.36. The van der Waals surface area contributed by atoms with E-state index in [4.69, 9.17) is 4.42 Å². The Morgan fingerprint density at radius 2 is 1.73 bits per heavy atom. The van der Waals surface area contributed by atoms with E-state index in [1.165, 1.54) is 18.0 Å². The molecule has 0 radical (unpaired) electrons. The van der Waals surface area contributed by atoms with Gasteiger partial charge in [0.05, 0.1) is 40.2 Å². The Bertz CT molecular complexity index is 1410. The summed E-state index contributed by atoms with van der Waals surface area (Å²) in [6.07, 6.45) is 1.52. The molecular weight excluding hydrogens is 484 g/mol. The monoisotopic (exact) mass is 512 g/mol. The van der Waals surface area contributed by atoms with Crippen molar-refractivity contribution in [3.05, 3.63) is 105 Å². The number of dihydropyridines is 1. The summed E-state index contributed by atoms with van der Waals surface area (Å²) in [5.74, 6) is -0.671. The summed E-state index contributed by atoms with van der Waals surface area (Å²) in [4.78, 5) is 26.2. The smallest absolute Gasteiger partial charge is 0.254 e. The van der Waals surface area contributed by atoms with Crippen molar-refractivity contribution in [1.29, 1.82) is 5.26 Å². The van der Waals surface area contributed by atoms with E-state index in [9.17, 15) is 14.9 Å². The maximum Gasteiger partial charge on any atom is 0.254 e. The second kappa shape index (κ2) is 11.2. The Morgan fingerprint density at radius 1 is 1.03 bits per heavy atom. The highest BCUT2D eigenvalue weighted by molar-refractivity contribution is 8.03. The quantitative estimate of drug-likeness (QED) is 0.363. The van der Waals surface area contributed by atoms with Gasteiger partial charge in [0.1, 0.15) is 5.76 Å². The van der Waals surface area contributed by atoms with Crippen LogP contribution in [-0.4, -0.2) is 17.6 Å². The van der Waals surface area contributed by atoms with Gasteiger partial charge in [0.2, 0.25) is 5.91 Å². The summed E-state index contributed by atoms with van der Waals surface area (Å²) in [5, 5.41) is 19.8. The van der Waals surface area contributed by atoms with Gasteiger partial charge < -0.3 is 20.4 Å². The first kappa shape index (κ1) is 25.9. The van der Waals surface area contributed by atoms with Gasteiger partial charge in [-0.1, -0.05) is 47.7 Å². The van der Waals surface area contributed by atoms with Gasteiger partial charge >= 0.3 is 0 Å². The summed E-state index contributed by atoms with van der Waals surface area (Å²) in [6, 6.07) is 18.9. The molecule has 1 atom stereocenters. The minimum atomic E-state index is -0.716. The fourth-order valence-corrected chi connectivity index (χ4v) is 5.37. The standard InChI is InChI=1S/C29H28N4O3S/c1-17-13-18(2)27(19(3)14-17)33-28(35)25-20(4)31-29(22(15-30)26(25)23-11-8-12-36-23)37-16-24(34)32-21-9-6-5-7-10-21/h5-14,26,31H,16H2,1-4H3,(H,32,34)(H,33,35)/t26-/m1/s1. The van der Waals surface area contributed by atoms with Crippen LogP contribution in [0.4, 0.5) is 11.4 Å². The lowest BCUT2D eigenvalue weighted by molar-refractivity contribution is -0.114. The van der Waals surface area contributed by atoms with E-state index in [1.54, 1.807) is 19.1 Å². The van der Waals surface area contributed by atoms with Crippen molar-refractivity contribution in [1.82, 2.24) is 5.32 Å². The molecule has 0 aliphatic carbocycles. The van der Waals surface area contributed by atoms with Gasteiger partial charge in [-0.3, -0.25) is 9.59 Å². The largest absolute Gasteiger partial charge is 0.468 e. The summed E-state index contributed by atoms with van der Waals surface area (Å²) in [5.41, 5.74) is 5.77. The molecule has 2 amide bonds. The molecule has 8 heteroatoms. The van der Waals surface area contributed by atoms with Crippen LogP contribution in [0.2, 0.25) is 0 Å². The third-order valence-electron chi connectivity index (χ3n) is 6.04. The van der Waals surface area contributed by atoms with Gasteiger partial charge in [-0.05, 0) is 63.1 Å². The number of para-hydroxylation sites is 1. The van der Waals surface area contributed by atoms with Crippen molar-refractivity contribution in [3.8, 4) is 6.07 Å². The predicted molar refractivity (Wildman–Crippen MR) is 147 cm³/mol. The molecule has 3 aromatic rings. The Morgan fingerprint density at radius 3 is 2.35 bits per heavy atom. The van der Waals surface area contributed by atoms with Crippen LogP contribution in [0.3, 0.4) is 0 Å². The normalized spacial score (nSPS) is 15.2. The van der Waals surface area contributed by atoms with Gasteiger partial charge in [0.25, 0.3) is 5.91 Å². The number of hydrogen-bond donors (Lipinski definition) is 3. The summed E-state index contributed by atoms with van der Waals surface area (Å²) < 4.78 is 5.68. The Labute approximate surface area is 220 Å². The first-order valence-corrected chi connectivity index (χ1v) is 12.8. The van der Waals surface area contributed by atoms with E-state index in [0.717, 1.165) is 22.4 Å². The minimum absolute atomic E-state index is 0.0872. The molecule has 0 bridgehead atoms. The molecule has 0 spiro atoms. The van der Waals surface area contributed by atoms with E-state index >= 15 is 0 Å². The number of nitrogens with one attached hydrogen (secondary N) is 3. The number of benzene rings is 2. The SMILES string of the molecule is CC1=C(C(=O)Nc2c(C)cc(C)cc2C)[C@@H](c2ccco2)C(C#N)=C(SCC(=O)Nc2ccccc2)N1. The second-order valence-corrected chi connectivity index (χ2v) is 9.88. The number of aryl methyl sites for hydroxylation is 3. The van der Waals surface area contributed by atoms with E-state index in [1.807, 2.05) is 63.2 Å². The topological polar surface area (TPSA) is 107 Å². The zero-order valence-corrected chi connectivity index (χ0v) is 22.0. The fourth-order valence-electron chi connectivity index (χ4n) is 4.48. The van der Waals surface area contributed by atoms with Crippen LogP contribution in [-0.2, 0) is 9.59 Å². The number of hydrogen-bond acceptors (Lipinski definition) is 6. The number of carbonyl (C=O) groups is 2. The predicted octanol–water partition coefficient (Wildman–Crippen LogP) is 5.91. The van der Waals surface area contributed by atoms with Gasteiger partial charge in [-0.15, -0.1) is 0 Å². The van der Waals surface area contributed by atoms with E-state index in [2.05, 4.69) is 22.0 Å². The molecule has 7 nitrogen and oxygen atoms in total. The number of furan rings is 1. The molecule has 0 saturated carbocycles. The Kier molecular flexibility index (Phi) is 7.85. The number of rotatable bonds is 7. The van der Waals surface area contributed by atoms with Crippen LogP contribution in [0, 0.1) is 32.1 Å². The number of allylic oxidation sites excluding steroid dienone is 2. The zero-order valence-electron chi connectivity index (χ0n) is 21.1. The van der Waals surface area contributed by atoms with Gasteiger partial charge in [-0.2, -0.15) is 5.26 Å². The second-order valence-electron chi connectivity index (χ2n) is 8.90. The molecule has 0 unspecified atom stereocenters. The third-order valence-corrected chi connectivity index (χ3v) is 7.06. The average molecular weight is 513 g/mol. The van der Waals surface area contributed by atoms with Crippen LogP contribution in [0.25, 0.3) is 0 Å². The number of anilines is 2. The molecule has 4 rings (SSSR count). The van der Waals surface area contributed by atoms with Crippen LogP contribution >= 0.6 is 11.8 Å². The van der Waals surface area contributed by atoms with E-state index < -0.39 is 5.92 Å². The summed E-state index contributed by atoms with van der Waals surface area (Å²) >= 11 is 1.21. The van der Waals surface area contributed by atoms with Crippen molar-refractivity contribution < 1.29 is 14.0 Å². The van der Waals surface area contributed by atoms with Crippen molar-refractivity contribution in [2.45, 2.75) is 33.6 Å². The van der Waals surface area contributed by atoms with Gasteiger partial charge in [-0.25, -0.2) is 0 Å². The molecule has 37 heavy (non-hydrogen) atoms. The lowest BCUT2D eigenvalue weighted by atomic mass is 9.85. The van der Waals surface area contributed by atoms with Crippen molar-refractivity contribution in [3.63, 3.8) is 0 Å². The zero-order chi connectivity index (χ0) is 26.5. The summed E-state index contributed by atoms with van der Waals surface area (Å²) in [7, 11) is 0. The van der Waals surface area contributed by atoms with Crippen LogP contribution in [0.5, 0.6) is 0 Å². The van der Waals surface area contributed by atoms with Gasteiger partial charge in [0, 0.05) is 17.1 Å². The number of carbonyl (C=O) groups excluding carboxylic acids is 2. The summed E-state index contributed by atoms with van der Waals surface area (Å²) in [6.45, 7) is 7.71. The van der Waals surface area contributed by atoms with E-state index in [-0.39, 0.29) is 17.6 Å². The van der Waals surface area contributed by atoms with Crippen molar-refractivity contribution in [2.75, 3.05) is 16.4 Å². The molecule has 2 aromatic carbocycles. The average Bonchev–Trinajstić information content (AvgIpc) is 3.39. The maximum absolute atomic E-state index is 13.7. The highest BCUT2D eigenvalue weighted by atomic mass is 32.2. The van der Waals surface area contributed by atoms with Crippen LogP contribution in [0.15, 0.2) is 87.1 Å². The lowest BCUT2D eigenvalue weighted by Gasteiger charge is -2.28.